The third kappa shape index (κ3) is 1.64. The molecule has 0 spiro atoms. The Morgan fingerprint density at radius 1 is 1.50 bits per heavy atom. The minimum Gasteiger partial charge on any atom is -0.481 e. The predicted molar refractivity (Wildman–Crippen MR) is 51.1 cm³/mol. The van der Waals surface area contributed by atoms with Crippen molar-refractivity contribution in [2.24, 2.45) is 5.92 Å². The van der Waals surface area contributed by atoms with Crippen LogP contribution in [-0.2, 0) is 9.53 Å². The van der Waals surface area contributed by atoms with Gasteiger partial charge in [-0.3, -0.25) is 9.69 Å². The van der Waals surface area contributed by atoms with E-state index < -0.39 is 5.97 Å². The number of aliphatic carboxylic acids is 1. The normalized spacial score (nSPS) is 39.1. The number of carbonyl (C=O) groups is 1. The second kappa shape index (κ2) is 3.87. The summed E-state index contributed by atoms with van der Waals surface area (Å²) in [4.78, 5) is 13.3. The zero-order valence-corrected chi connectivity index (χ0v) is 8.48. The molecule has 1 N–H and O–H groups in total. The molecule has 0 amide bonds. The lowest BCUT2D eigenvalue weighted by Gasteiger charge is -2.29. The summed E-state index contributed by atoms with van der Waals surface area (Å²) in [6.07, 6.45) is 2.37. The fourth-order valence-electron chi connectivity index (χ4n) is 2.55. The molecule has 0 aromatic rings. The van der Waals surface area contributed by atoms with Gasteiger partial charge in [-0.05, 0) is 26.3 Å². The number of hydrogen-bond acceptors (Lipinski definition) is 3. The highest BCUT2D eigenvalue weighted by molar-refractivity contribution is 5.71. The molecule has 0 saturated carbocycles. The minimum atomic E-state index is -0.716. The first-order valence-electron chi connectivity index (χ1n) is 5.26. The van der Waals surface area contributed by atoms with Crippen LogP contribution in [0.4, 0.5) is 0 Å². The minimum absolute atomic E-state index is 0.102. The molecule has 2 saturated heterocycles. The topological polar surface area (TPSA) is 49.8 Å². The van der Waals surface area contributed by atoms with Gasteiger partial charge in [-0.15, -0.1) is 0 Å². The molecule has 2 fully saturated rings. The molecule has 2 heterocycles. The lowest BCUT2D eigenvalue weighted by atomic mass is 10.0. The van der Waals surface area contributed by atoms with Gasteiger partial charge >= 0.3 is 5.97 Å². The number of carboxylic acids is 1. The van der Waals surface area contributed by atoms with Gasteiger partial charge in [0.1, 0.15) is 0 Å². The molecule has 3 atom stereocenters. The van der Waals surface area contributed by atoms with E-state index in [4.69, 9.17) is 9.84 Å². The average molecular weight is 199 g/mol. The van der Waals surface area contributed by atoms with E-state index in [2.05, 4.69) is 11.8 Å². The highest BCUT2D eigenvalue weighted by Crippen LogP contribution is 2.27. The summed E-state index contributed by atoms with van der Waals surface area (Å²) in [5.74, 6) is -1.04. The van der Waals surface area contributed by atoms with Gasteiger partial charge in [-0.2, -0.15) is 0 Å². The Labute approximate surface area is 83.8 Å². The van der Waals surface area contributed by atoms with Crippen LogP contribution in [0.2, 0.25) is 0 Å². The van der Waals surface area contributed by atoms with Gasteiger partial charge in [0.05, 0.1) is 19.1 Å². The largest absolute Gasteiger partial charge is 0.481 e. The molecule has 0 aromatic heterocycles. The molecule has 0 bridgehead atoms. The first-order valence-corrected chi connectivity index (χ1v) is 5.26. The highest BCUT2D eigenvalue weighted by atomic mass is 16.5. The lowest BCUT2D eigenvalue weighted by Crippen LogP contribution is -2.44. The second-order valence-electron chi connectivity index (χ2n) is 4.28. The summed E-state index contributed by atoms with van der Waals surface area (Å²) < 4.78 is 5.27. The lowest BCUT2D eigenvalue weighted by molar-refractivity contribution is -0.143. The molecule has 2 aliphatic rings. The van der Waals surface area contributed by atoms with Crippen molar-refractivity contribution in [3.05, 3.63) is 0 Å². The van der Waals surface area contributed by atoms with E-state index in [1.807, 2.05) is 0 Å². The van der Waals surface area contributed by atoms with E-state index in [1.165, 1.54) is 12.8 Å². The van der Waals surface area contributed by atoms with Gasteiger partial charge in [-0.25, -0.2) is 0 Å². The van der Waals surface area contributed by atoms with Crippen LogP contribution in [0.3, 0.4) is 0 Å². The van der Waals surface area contributed by atoms with E-state index in [9.17, 15) is 4.79 Å². The van der Waals surface area contributed by atoms with Gasteiger partial charge in [0.25, 0.3) is 0 Å². The number of rotatable bonds is 2. The van der Waals surface area contributed by atoms with Crippen LogP contribution in [0.25, 0.3) is 0 Å². The average Bonchev–Trinajstić information content (AvgIpc) is 2.70. The highest BCUT2D eigenvalue weighted by Gasteiger charge is 2.40. The molecule has 0 aromatic carbocycles. The predicted octanol–water partition coefficient (Wildman–Crippen LogP) is 0.570. The SMILES string of the molecule is CC1CCCN1C1COCC1C(=O)O. The Morgan fingerprint density at radius 2 is 2.29 bits per heavy atom. The summed E-state index contributed by atoms with van der Waals surface area (Å²) >= 11 is 0. The van der Waals surface area contributed by atoms with Crippen molar-refractivity contribution in [1.29, 1.82) is 0 Å². The van der Waals surface area contributed by atoms with E-state index in [0.717, 1.165) is 6.54 Å². The summed E-state index contributed by atoms with van der Waals surface area (Å²) in [7, 11) is 0. The van der Waals surface area contributed by atoms with Crippen molar-refractivity contribution in [3.8, 4) is 0 Å². The summed E-state index contributed by atoms with van der Waals surface area (Å²) in [6.45, 7) is 4.16. The van der Waals surface area contributed by atoms with Crippen molar-refractivity contribution < 1.29 is 14.6 Å². The van der Waals surface area contributed by atoms with E-state index in [1.54, 1.807) is 0 Å². The van der Waals surface area contributed by atoms with E-state index >= 15 is 0 Å². The van der Waals surface area contributed by atoms with Crippen molar-refractivity contribution in [1.82, 2.24) is 4.90 Å². The summed E-state index contributed by atoms with van der Waals surface area (Å²) in [5, 5.41) is 9.02. The molecule has 2 rings (SSSR count). The standard InChI is InChI=1S/C10H17NO3/c1-7-3-2-4-11(7)9-6-14-5-8(9)10(12)13/h7-9H,2-6H2,1H3,(H,12,13). The first kappa shape index (κ1) is 9.93. The quantitative estimate of drug-likeness (QED) is 0.706. The third-order valence-electron chi connectivity index (χ3n) is 3.40. The van der Waals surface area contributed by atoms with Crippen LogP contribution in [0.5, 0.6) is 0 Å². The molecule has 4 heteroatoms. The molecular weight excluding hydrogens is 182 g/mol. The molecule has 0 radical (unpaired) electrons. The molecule has 14 heavy (non-hydrogen) atoms. The maximum absolute atomic E-state index is 11.0. The Balaban J connectivity index is 2.05. The van der Waals surface area contributed by atoms with Crippen molar-refractivity contribution >= 4 is 5.97 Å². The van der Waals surface area contributed by atoms with E-state index in [-0.39, 0.29) is 12.0 Å². The number of hydrogen-bond donors (Lipinski definition) is 1. The number of likely N-dealkylation sites (tertiary alicyclic amines) is 1. The Kier molecular flexibility index (Phi) is 2.74. The molecule has 80 valence electrons. The molecular formula is C10H17NO3. The first-order chi connectivity index (χ1) is 6.70. The van der Waals surface area contributed by atoms with Crippen molar-refractivity contribution in [2.75, 3.05) is 19.8 Å². The molecule has 3 unspecified atom stereocenters. The van der Waals surface area contributed by atoms with Gasteiger partial charge in [-0.1, -0.05) is 0 Å². The van der Waals surface area contributed by atoms with Crippen molar-refractivity contribution in [2.45, 2.75) is 31.8 Å². The molecule has 2 aliphatic heterocycles. The Bertz CT molecular complexity index is 231. The van der Waals surface area contributed by atoms with Crippen LogP contribution < -0.4 is 0 Å². The number of ether oxygens (including phenoxy) is 1. The van der Waals surface area contributed by atoms with Crippen molar-refractivity contribution in [3.63, 3.8) is 0 Å². The van der Waals surface area contributed by atoms with Gasteiger partial charge in [0.2, 0.25) is 0 Å². The van der Waals surface area contributed by atoms with Crippen LogP contribution in [-0.4, -0.2) is 47.8 Å². The monoisotopic (exact) mass is 199 g/mol. The second-order valence-corrected chi connectivity index (χ2v) is 4.28. The molecule has 0 aliphatic carbocycles. The fourth-order valence-corrected chi connectivity index (χ4v) is 2.55. The van der Waals surface area contributed by atoms with Gasteiger partial charge < -0.3 is 9.84 Å². The Hall–Kier alpha value is -0.610. The maximum atomic E-state index is 11.0. The summed E-state index contributed by atoms with van der Waals surface area (Å²) in [6, 6.07) is 0.619. The third-order valence-corrected chi connectivity index (χ3v) is 3.40. The van der Waals surface area contributed by atoms with E-state index in [0.29, 0.717) is 19.3 Å². The zero-order chi connectivity index (χ0) is 10.1. The summed E-state index contributed by atoms with van der Waals surface area (Å²) in [5.41, 5.74) is 0. The van der Waals surface area contributed by atoms with Crippen LogP contribution in [0, 0.1) is 5.92 Å². The smallest absolute Gasteiger partial charge is 0.310 e. The Morgan fingerprint density at radius 3 is 2.86 bits per heavy atom. The van der Waals surface area contributed by atoms with Gasteiger partial charge in [0, 0.05) is 12.1 Å². The van der Waals surface area contributed by atoms with Gasteiger partial charge in [0.15, 0.2) is 0 Å². The van der Waals surface area contributed by atoms with Crippen LogP contribution >= 0.6 is 0 Å². The zero-order valence-electron chi connectivity index (χ0n) is 8.48. The number of nitrogens with zero attached hydrogens (tertiary/aromatic N) is 1. The number of carboxylic acid groups (broad SMARTS) is 1. The maximum Gasteiger partial charge on any atom is 0.310 e. The molecule has 4 nitrogen and oxygen atoms in total. The van der Waals surface area contributed by atoms with Crippen LogP contribution in [0.15, 0.2) is 0 Å². The fraction of sp³-hybridized carbons (Fsp3) is 0.900. The van der Waals surface area contributed by atoms with Crippen LogP contribution in [0.1, 0.15) is 19.8 Å².